The zero-order valence-corrected chi connectivity index (χ0v) is 11.7. The fraction of sp³-hybridized carbons (Fsp3) is 0.857. The Bertz CT molecular complexity index is 359. The van der Waals surface area contributed by atoms with Crippen LogP contribution in [0.4, 0.5) is 0 Å². The highest BCUT2D eigenvalue weighted by molar-refractivity contribution is 5.80. The van der Waals surface area contributed by atoms with Crippen LogP contribution in [0.3, 0.4) is 0 Å². The molecule has 0 aliphatic carbocycles. The molecule has 0 bridgehead atoms. The molecule has 0 aromatic rings. The van der Waals surface area contributed by atoms with E-state index in [1.54, 1.807) is 0 Å². The maximum Gasteiger partial charge on any atom is 0.324 e. The van der Waals surface area contributed by atoms with Crippen LogP contribution in [0.2, 0.25) is 0 Å². The number of amides is 1. The Labute approximate surface area is 114 Å². The van der Waals surface area contributed by atoms with Crippen molar-refractivity contribution in [2.24, 2.45) is 0 Å². The molecular formula is C14H24N2O3. The second-order valence-electron chi connectivity index (χ2n) is 5.73. The Morgan fingerprint density at radius 3 is 3.00 bits per heavy atom. The summed E-state index contributed by atoms with van der Waals surface area (Å²) in [6, 6.07) is 0.0904. The van der Waals surface area contributed by atoms with Crippen molar-refractivity contribution < 1.29 is 14.7 Å². The summed E-state index contributed by atoms with van der Waals surface area (Å²) in [5, 5.41) is 12.6. The Morgan fingerprint density at radius 1 is 1.53 bits per heavy atom. The van der Waals surface area contributed by atoms with Crippen LogP contribution < -0.4 is 5.32 Å². The smallest absolute Gasteiger partial charge is 0.324 e. The van der Waals surface area contributed by atoms with Crippen LogP contribution in [0.5, 0.6) is 0 Å². The van der Waals surface area contributed by atoms with Gasteiger partial charge in [-0.2, -0.15) is 0 Å². The lowest BCUT2D eigenvalue weighted by atomic mass is 9.88. The van der Waals surface area contributed by atoms with Crippen LogP contribution in [0, 0.1) is 0 Å². The second-order valence-corrected chi connectivity index (χ2v) is 5.73. The SMILES string of the molecule is CCCC1(C(=O)O)CCCN1C1CCCNC(=O)C1. The fourth-order valence-electron chi connectivity index (χ4n) is 3.67. The minimum absolute atomic E-state index is 0.0604. The van der Waals surface area contributed by atoms with E-state index >= 15 is 0 Å². The molecule has 108 valence electrons. The standard InChI is InChI=1S/C14H24N2O3/c1-2-6-14(13(18)19)7-4-9-16(14)11-5-3-8-15-12(17)10-11/h11H,2-10H2,1H3,(H,15,17)(H,18,19). The number of likely N-dealkylation sites (tertiary alicyclic amines) is 1. The third-order valence-corrected chi connectivity index (χ3v) is 4.50. The van der Waals surface area contributed by atoms with Gasteiger partial charge in [0.05, 0.1) is 0 Å². The monoisotopic (exact) mass is 268 g/mol. The fourth-order valence-corrected chi connectivity index (χ4v) is 3.67. The normalized spacial score (nSPS) is 32.9. The molecule has 0 aromatic heterocycles. The van der Waals surface area contributed by atoms with E-state index < -0.39 is 11.5 Å². The second kappa shape index (κ2) is 5.90. The molecule has 0 aromatic carbocycles. The van der Waals surface area contributed by atoms with Crippen molar-refractivity contribution in [2.75, 3.05) is 13.1 Å². The molecule has 1 amide bonds. The first-order valence-corrected chi connectivity index (χ1v) is 7.37. The molecule has 2 heterocycles. The summed E-state index contributed by atoms with van der Waals surface area (Å²) in [5.41, 5.74) is -0.732. The number of hydrogen-bond donors (Lipinski definition) is 2. The highest BCUT2D eigenvalue weighted by Crippen LogP contribution is 2.37. The van der Waals surface area contributed by atoms with E-state index in [0.717, 1.165) is 38.8 Å². The van der Waals surface area contributed by atoms with Crippen LogP contribution in [0.25, 0.3) is 0 Å². The average Bonchev–Trinajstić information content (AvgIpc) is 2.67. The van der Waals surface area contributed by atoms with Gasteiger partial charge in [-0.1, -0.05) is 13.3 Å². The number of carbonyl (C=O) groups is 2. The van der Waals surface area contributed by atoms with Crippen LogP contribution in [0.1, 0.15) is 51.9 Å². The number of hydrogen-bond acceptors (Lipinski definition) is 3. The maximum absolute atomic E-state index is 11.8. The summed E-state index contributed by atoms with van der Waals surface area (Å²) in [4.78, 5) is 25.6. The minimum atomic E-state index is -0.732. The maximum atomic E-state index is 11.8. The van der Waals surface area contributed by atoms with Crippen molar-refractivity contribution in [1.82, 2.24) is 10.2 Å². The number of nitrogens with zero attached hydrogens (tertiary/aromatic N) is 1. The largest absolute Gasteiger partial charge is 0.480 e. The molecular weight excluding hydrogens is 244 g/mol. The van der Waals surface area contributed by atoms with Gasteiger partial charge in [0.2, 0.25) is 5.91 Å². The van der Waals surface area contributed by atoms with Crippen molar-refractivity contribution in [3.05, 3.63) is 0 Å². The van der Waals surface area contributed by atoms with E-state index in [1.807, 2.05) is 6.92 Å². The molecule has 5 nitrogen and oxygen atoms in total. The summed E-state index contributed by atoms with van der Waals surface area (Å²) in [5.74, 6) is -0.651. The summed E-state index contributed by atoms with van der Waals surface area (Å²) in [7, 11) is 0. The van der Waals surface area contributed by atoms with Gasteiger partial charge in [0.1, 0.15) is 5.54 Å². The molecule has 2 fully saturated rings. The lowest BCUT2D eigenvalue weighted by Gasteiger charge is -2.39. The molecule has 2 aliphatic heterocycles. The van der Waals surface area contributed by atoms with Crippen LogP contribution in [-0.2, 0) is 9.59 Å². The predicted molar refractivity (Wildman–Crippen MR) is 71.9 cm³/mol. The highest BCUT2D eigenvalue weighted by Gasteiger charge is 2.49. The molecule has 2 rings (SSSR count). The van der Waals surface area contributed by atoms with E-state index in [0.29, 0.717) is 19.3 Å². The Kier molecular flexibility index (Phi) is 4.45. The quantitative estimate of drug-likeness (QED) is 0.808. The Balaban J connectivity index is 2.20. The van der Waals surface area contributed by atoms with Gasteiger partial charge in [0, 0.05) is 19.0 Å². The number of rotatable bonds is 4. The van der Waals surface area contributed by atoms with Crippen LogP contribution in [0.15, 0.2) is 0 Å². The van der Waals surface area contributed by atoms with Crippen molar-refractivity contribution >= 4 is 11.9 Å². The van der Waals surface area contributed by atoms with Crippen molar-refractivity contribution in [3.8, 4) is 0 Å². The molecule has 2 unspecified atom stereocenters. The molecule has 2 N–H and O–H groups in total. The lowest BCUT2D eigenvalue weighted by Crippen LogP contribution is -2.55. The van der Waals surface area contributed by atoms with Gasteiger partial charge in [0.25, 0.3) is 0 Å². The van der Waals surface area contributed by atoms with E-state index in [9.17, 15) is 14.7 Å². The molecule has 0 spiro atoms. The highest BCUT2D eigenvalue weighted by atomic mass is 16.4. The van der Waals surface area contributed by atoms with Gasteiger partial charge in [-0.3, -0.25) is 14.5 Å². The van der Waals surface area contributed by atoms with E-state index in [-0.39, 0.29) is 11.9 Å². The molecule has 0 saturated carbocycles. The van der Waals surface area contributed by atoms with Crippen molar-refractivity contribution in [1.29, 1.82) is 0 Å². The number of carboxylic acids is 1. The molecule has 5 heteroatoms. The predicted octanol–water partition coefficient (Wildman–Crippen LogP) is 1.37. The van der Waals surface area contributed by atoms with Gasteiger partial charge in [0.15, 0.2) is 0 Å². The zero-order valence-electron chi connectivity index (χ0n) is 11.7. The van der Waals surface area contributed by atoms with E-state index in [4.69, 9.17) is 0 Å². The Hall–Kier alpha value is -1.10. The third-order valence-electron chi connectivity index (χ3n) is 4.50. The van der Waals surface area contributed by atoms with Crippen LogP contribution >= 0.6 is 0 Å². The number of aliphatic carboxylic acids is 1. The average molecular weight is 268 g/mol. The van der Waals surface area contributed by atoms with Gasteiger partial charge in [-0.25, -0.2) is 0 Å². The topological polar surface area (TPSA) is 69.6 Å². The van der Waals surface area contributed by atoms with Crippen LogP contribution in [-0.4, -0.2) is 46.6 Å². The van der Waals surface area contributed by atoms with Gasteiger partial charge in [-0.15, -0.1) is 0 Å². The number of carboxylic acid groups (broad SMARTS) is 1. The van der Waals surface area contributed by atoms with Crippen molar-refractivity contribution in [3.63, 3.8) is 0 Å². The summed E-state index contributed by atoms with van der Waals surface area (Å²) in [6.45, 7) is 3.56. The molecule has 0 radical (unpaired) electrons. The zero-order chi connectivity index (χ0) is 13.9. The van der Waals surface area contributed by atoms with Gasteiger partial charge >= 0.3 is 5.97 Å². The third kappa shape index (κ3) is 2.76. The van der Waals surface area contributed by atoms with Gasteiger partial charge in [-0.05, 0) is 38.6 Å². The summed E-state index contributed by atoms with van der Waals surface area (Å²) < 4.78 is 0. The number of carbonyl (C=O) groups excluding carboxylic acids is 1. The molecule has 19 heavy (non-hydrogen) atoms. The summed E-state index contributed by atoms with van der Waals surface area (Å²) in [6.07, 6.45) is 5.48. The molecule has 2 aliphatic rings. The van der Waals surface area contributed by atoms with E-state index in [1.165, 1.54) is 0 Å². The van der Waals surface area contributed by atoms with Crippen molar-refractivity contribution in [2.45, 2.75) is 63.5 Å². The lowest BCUT2D eigenvalue weighted by molar-refractivity contribution is -0.152. The first-order valence-electron chi connectivity index (χ1n) is 7.37. The Morgan fingerprint density at radius 2 is 2.32 bits per heavy atom. The van der Waals surface area contributed by atoms with Gasteiger partial charge < -0.3 is 10.4 Å². The molecule has 2 atom stereocenters. The minimum Gasteiger partial charge on any atom is -0.480 e. The summed E-state index contributed by atoms with van der Waals surface area (Å²) >= 11 is 0. The number of nitrogens with one attached hydrogen (secondary N) is 1. The first kappa shape index (κ1) is 14.3. The first-order chi connectivity index (χ1) is 9.10. The molecule has 2 saturated heterocycles. The van der Waals surface area contributed by atoms with E-state index in [2.05, 4.69) is 10.2 Å².